The summed E-state index contributed by atoms with van der Waals surface area (Å²) in [5.74, 6) is -3.09. The topological polar surface area (TPSA) is 95.0 Å². The summed E-state index contributed by atoms with van der Waals surface area (Å²) < 4.78 is 13.2. The van der Waals surface area contributed by atoms with E-state index in [1.807, 2.05) is 0 Å². The van der Waals surface area contributed by atoms with E-state index in [1.54, 1.807) is 24.3 Å². The molecule has 0 radical (unpaired) electrons. The molecule has 3 amide bonds. The first-order chi connectivity index (χ1) is 13.4. The molecule has 0 unspecified atom stereocenters. The molecule has 0 atom stereocenters. The summed E-state index contributed by atoms with van der Waals surface area (Å²) >= 11 is 0.595. The van der Waals surface area contributed by atoms with Gasteiger partial charge in [0.05, 0.1) is 21.9 Å². The van der Waals surface area contributed by atoms with Gasteiger partial charge in [0, 0.05) is 5.56 Å². The van der Waals surface area contributed by atoms with E-state index in [9.17, 15) is 23.6 Å². The predicted octanol–water partition coefficient (Wildman–Crippen LogP) is 2.87. The third-order valence-corrected chi connectivity index (χ3v) is 5.24. The number of carbonyl (C=O) groups excluding carboxylic acids is 3. The summed E-state index contributed by atoms with van der Waals surface area (Å²) in [7, 11) is 0. The van der Waals surface area contributed by atoms with E-state index in [4.69, 9.17) is 5.11 Å². The number of aliphatic carboxylic acids is 1. The molecule has 1 saturated heterocycles. The van der Waals surface area contributed by atoms with E-state index in [0.29, 0.717) is 23.0 Å². The maximum atomic E-state index is 13.2. The van der Waals surface area contributed by atoms with Gasteiger partial charge in [0.1, 0.15) is 12.4 Å². The van der Waals surface area contributed by atoms with Crippen molar-refractivity contribution in [1.29, 1.82) is 0 Å². The zero-order chi connectivity index (χ0) is 20.0. The number of benzene rings is 2. The molecule has 2 aromatic rings. The van der Waals surface area contributed by atoms with Crippen molar-refractivity contribution < 1.29 is 28.7 Å². The van der Waals surface area contributed by atoms with Crippen LogP contribution in [-0.2, 0) is 14.4 Å². The van der Waals surface area contributed by atoms with Gasteiger partial charge in [-0.25, -0.2) is 9.29 Å². The molecule has 2 aliphatic rings. The second-order valence-corrected chi connectivity index (χ2v) is 6.95. The molecule has 9 heteroatoms. The van der Waals surface area contributed by atoms with Crippen molar-refractivity contribution in [2.24, 2.45) is 0 Å². The van der Waals surface area contributed by atoms with Crippen molar-refractivity contribution in [2.45, 2.75) is 0 Å². The number of carboxylic acids is 1. The van der Waals surface area contributed by atoms with Crippen molar-refractivity contribution >= 4 is 51.7 Å². The van der Waals surface area contributed by atoms with Crippen molar-refractivity contribution in [3.05, 3.63) is 64.8 Å². The van der Waals surface area contributed by atoms with Gasteiger partial charge in [-0.15, -0.1) is 0 Å². The Hall–Kier alpha value is -3.46. The fraction of sp³-hybridized carbons (Fsp3) is 0.0526. The van der Waals surface area contributed by atoms with Crippen molar-refractivity contribution in [2.75, 3.05) is 16.3 Å². The SMILES string of the molecule is O=C(O)CN1C(=O)/C(=C2\SC(=O)N(c3ccc(F)cc3)C2=O)c2ccccc21. The van der Waals surface area contributed by atoms with Gasteiger partial charge >= 0.3 is 5.97 Å². The maximum Gasteiger partial charge on any atom is 0.323 e. The number of halogens is 1. The van der Waals surface area contributed by atoms with E-state index < -0.39 is 35.4 Å². The van der Waals surface area contributed by atoms with E-state index >= 15 is 0 Å². The van der Waals surface area contributed by atoms with Crippen molar-refractivity contribution in [1.82, 2.24) is 0 Å². The molecule has 2 aromatic carbocycles. The van der Waals surface area contributed by atoms with Crippen LogP contribution in [0.15, 0.2) is 53.4 Å². The third-order valence-electron chi connectivity index (χ3n) is 4.30. The Labute approximate surface area is 162 Å². The fourth-order valence-corrected chi connectivity index (χ4v) is 4.06. The van der Waals surface area contributed by atoms with E-state index in [1.165, 1.54) is 12.1 Å². The van der Waals surface area contributed by atoms with Crippen LogP contribution in [0, 0.1) is 5.82 Å². The molecule has 1 N–H and O–H groups in total. The second kappa shape index (κ2) is 6.61. The normalized spacial score (nSPS) is 18.8. The van der Waals surface area contributed by atoms with E-state index in [2.05, 4.69) is 0 Å². The Morgan fingerprint density at radius 3 is 2.36 bits per heavy atom. The van der Waals surface area contributed by atoms with Crippen LogP contribution in [0.25, 0.3) is 5.57 Å². The summed E-state index contributed by atoms with van der Waals surface area (Å²) in [4.78, 5) is 51.2. The maximum absolute atomic E-state index is 13.2. The van der Waals surface area contributed by atoms with Gasteiger partial charge < -0.3 is 5.11 Å². The second-order valence-electron chi connectivity index (χ2n) is 5.99. The van der Waals surface area contributed by atoms with E-state index in [0.717, 1.165) is 21.9 Å². The summed E-state index contributed by atoms with van der Waals surface area (Å²) in [6.45, 7) is -0.568. The third kappa shape index (κ3) is 2.76. The number of hydrogen-bond donors (Lipinski definition) is 1. The molecule has 0 aromatic heterocycles. The number of imide groups is 1. The number of rotatable bonds is 3. The van der Waals surface area contributed by atoms with Crippen LogP contribution in [0.4, 0.5) is 20.6 Å². The summed E-state index contributed by atoms with van der Waals surface area (Å²) in [5, 5.41) is 8.48. The molecule has 2 heterocycles. The number of hydrogen-bond acceptors (Lipinski definition) is 5. The molecular formula is C19H11FN2O5S. The van der Waals surface area contributed by atoms with Crippen LogP contribution in [0.3, 0.4) is 0 Å². The number of thioether (sulfide) groups is 1. The van der Waals surface area contributed by atoms with Crippen LogP contribution in [0.2, 0.25) is 0 Å². The van der Waals surface area contributed by atoms with Gasteiger partial charge in [-0.1, -0.05) is 18.2 Å². The number of carbonyl (C=O) groups is 4. The Balaban J connectivity index is 1.82. The minimum atomic E-state index is -1.20. The van der Waals surface area contributed by atoms with Crippen molar-refractivity contribution in [3.63, 3.8) is 0 Å². The summed E-state index contributed by atoms with van der Waals surface area (Å²) in [5.41, 5.74) is 0.919. The molecule has 2 aliphatic heterocycles. The molecular weight excluding hydrogens is 387 g/mol. The molecule has 4 rings (SSSR count). The largest absolute Gasteiger partial charge is 0.480 e. The minimum absolute atomic E-state index is 0.00943. The van der Waals surface area contributed by atoms with Gasteiger partial charge in [-0.3, -0.25) is 24.1 Å². The van der Waals surface area contributed by atoms with Gasteiger partial charge in [-0.05, 0) is 42.1 Å². The number of amides is 3. The number of anilines is 2. The lowest BCUT2D eigenvalue weighted by Gasteiger charge is -2.14. The monoisotopic (exact) mass is 398 g/mol. The highest BCUT2D eigenvalue weighted by atomic mass is 32.2. The van der Waals surface area contributed by atoms with E-state index in [-0.39, 0.29) is 16.2 Å². The molecule has 0 spiro atoms. The highest BCUT2D eigenvalue weighted by molar-refractivity contribution is 8.19. The lowest BCUT2D eigenvalue weighted by molar-refractivity contribution is -0.136. The first-order valence-corrected chi connectivity index (χ1v) is 8.89. The van der Waals surface area contributed by atoms with Gasteiger partial charge in [-0.2, -0.15) is 0 Å². The smallest absolute Gasteiger partial charge is 0.323 e. The molecule has 0 bridgehead atoms. The highest BCUT2D eigenvalue weighted by Gasteiger charge is 2.44. The lowest BCUT2D eigenvalue weighted by Crippen LogP contribution is -2.32. The number of fused-ring (bicyclic) bond motifs is 1. The average Bonchev–Trinajstić information content (AvgIpc) is 3.09. The summed E-state index contributed by atoms with van der Waals surface area (Å²) in [6.07, 6.45) is 0. The van der Waals surface area contributed by atoms with Crippen LogP contribution in [-0.4, -0.2) is 34.7 Å². The number of para-hydroxylation sites is 1. The number of carboxylic acid groups (broad SMARTS) is 1. The molecule has 7 nitrogen and oxygen atoms in total. The van der Waals surface area contributed by atoms with Gasteiger partial charge in [0.25, 0.3) is 17.1 Å². The summed E-state index contributed by atoms with van der Waals surface area (Å²) in [6, 6.07) is 11.3. The molecule has 28 heavy (non-hydrogen) atoms. The molecule has 140 valence electrons. The van der Waals surface area contributed by atoms with Crippen LogP contribution in [0.1, 0.15) is 5.56 Å². The molecule has 1 fully saturated rings. The van der Waals surface area contributed by atoms with Gasteiger partial charge in [0.15, 0.2) is 0 Å². The average molecular weight is 398 g/mol. The molecule has 0 aliphatic carbocycles. The fourth-order valence-electron chi connectivity index (χ4n) is 3.12. The Bertz CT molecular complexity index is 1080. The van der Waals surface area contributed by atoms with Crippen LogP contribution < -0.4 is 9.80 Å². The van der Waals surface area contributed by atoms with Crippen LogP contribution >= 0.6 is 11.8 Å². The standard InChI is InChI=1S/C19H11FN2O5S/c20-10-5-7-11(8-6-10)22-18(26)16(28-19(22)27)15-12-3-1-2-4-13(12)21(17(15)25)9-14(23)24/h1-8H,9H2,(H,23,24)/b16-15-. The zero-order valence-electron chi connectivity index (χ0n) is 14.1. The molecule has 0 saturated carbocycles. The Morgan fingerprint density at radius 1 is 1.00 bits per heavy atom. The Kier molecular flexibility index (Phi) is 4.23. The minimum Gasteiger partial charge on any atom is -0.480 e. The van der Waals surface area contributed by atoms with Gasteiger partial charge in [0.2, 0.25) is 0 Å². The first-order valence-electron chi connectivity index (χ1n) is 8.07. The zero-order valence-corrected chi connectivity index (χ0v) is 14.9. The highest BCUT2D eigenvalue weighted by Crippen LogP contribution is 2.45. The quantitative estimate of drug-likeness (QED) is 0.799. The Morgan fingerprint density at radius 2 is 1.68 bits per heavy atom. The van der Waals surface area contributed by atoms with Crippen LogP contribution in [0.5, 0.6) is 0 Å². The van der Waals surface area contributed by atoms with Crippen molar-refractivity contribution in [3.8, 4) is 0 Å². The first kappa shape index (κ1) is 17.9. The number of nitrogens with zero attached hydrogens (tertiary/aromatic N) is 2. The lowest BCUT2D eigenvalue weighted by atomic mass is 10.1. The predicted molar refractivity (Wildman–Crippen MR) is 100 cm³/mol.